The number of hydrogen-bond acceptors (Lipinski definition) is 5. The number of para-hydroxylation sites is 1. The van der Waals surface area contributed by atoms with Crippen molar-refractivity contribution in [3.8, 4) is 0 Å². The van der Waals surface area contributed by atoms with Gasteiger partial charge in [-0.2, -0.15) is 0 Å². The first kappa shape index (κ1) is 13.2. The zero-order valence-electron chi connectivity index (χ0n) is 11.9. The zero-order valence-corrected chi connectivity index (χ0v) is 11.9. The number of rotatable bonds is 4. The number of benzene rings is 1. The van der Waals surface area contributed by atoms with Crippen molar-refractivity contribution in [1.82, 2.24) is 20.1 Å². The minimum Gasteiger partial charge on any atom is -0.351 e. The summed E-state index contributed by atoms with van der Waals surface area (Å²) in [6.45, 7) is 5.53. The summed E-state index contributed by atoms with van der Waals surface area (Å²) in [5, 5.41) is 11.6. The number of nitrogens with zero attached hydrogens (tertiary/aromatic N) is 4. The average molecular weight is 271 g/mol. The average Bonchev–Trinajstić information content (AvgIpc) is 2.53. The molecule has 1 saturated heterocycles. The highest BCUT2D eigenvalue weighted by Crippen LogP contribution is 2.13. The van der Waals surface area contributed by atoms with Gasteiger partial charge in [-0.1, -0.05) is 18.6 Å². The summed E-state index contributed by atoms with van der Waals surface area (Å²) in [5.41, 5.74) is 1.72. The van der Waals surface area contributed by atoms with Crippen molar-refractivity contribution in [2.45, 2.75) is 32.2 Å². The smallest absolute Gasteiger partial charge is 0.243 e. The Morgan fingerprint density at radius 1 is 1.10 bits per heavy atom. The molecule has 1 atom stereocenters. The van der Waals surface area contributed by atoms with Crippen LogP contribution in [0.15, 0.2) is 24.3 Å². The lowest BCUT2D eigenvalue weighted by Crippen LogP contribution is -2.41. The van der Waals surface area contributed by atoms with Gasteiger partial charge in [0.1, 0.15) is 5.52 Å². The van der Waals surface area contributed by atoms with E-state index in [1.54, 1.807) is 0 Å². The maximum absolute atomic E-state index is 4.49. The molecule has 2 heterocycles. The van der Waals surface area contributed by atoms with Crippen LogP contribution in [0.5, 0.6) is 0 Å². The van der Waals surface area contributed by atoms with Crippen molar-refractivity contribution in [3.63, 3.8) is 0 Å². The highest BCUT2D eigenvalue weighted by atomic mass is 15.3. The molecule has 1 aromatic carbocycles. The van der Waals surface area contributed by atoms with E-state index in [1.165, 1.54) is 32.4 Å². The number of likely N-dealkylation sites (tertiary alicyclic amines) is 1. The van der Waals surface area contributed by atoms with E-state index in [0.717, 1.165) is 17.6 Å². The number of fused-ring (bicyclic) bond motifs is 1. The topological polar surface area (TPSA) is 53.9 Å². The molecule has 3 rings (SSSR count). The van der Waals surface area contributed by atoms with E-state index in [0.29, 0.717) is 12.0 Å². The number of piperidine rings is 1. The van der Waals surface area contributed by atoms with E-state index in [4.69, 9.17) is 0 Å². The van der Waals surface area contributed by atoms with Crippen LogP contribution in [0.2, 0.25) is 0 Å². The molecular weight excluding hydrogens is 250 g/mol. The SMILES string of the molecule is CC(CNc1nnc2ccccc2n1)N1CCCCC1. The molecule has 1 aliphatic heterocycles. The quantitative estimate of drug-likeness (QED) is 0.924. The van der Waals surface area contributed by atoms with Gasteiger partial charge in [0.25, 0.3) is 0 Å². The van der Waals surface area contributed by atoms with Crippen molar-refractivity contribution in [3.05, 3.63) is 24.3 Å². The van der Waals surface area contributed by atoms with E-state index in [9.17, 15) is 0 Å². The molecule has 0 amide bonds. The second-order valence-corrected chi connectivity index (χ2v) is 5.45. The van der Waals surface area contributed by atoms with Crippen molar-refractivity contribution in [2.24, 2.45) is 0 Å². The Morgan fingerprint density at radius 3 is 2.65 bits per heavy atom. The second-order valence-electron chi connectivity index (χ2n) is 5.45. The molecule has 0 spiro atoms. The molecular formula is C15H21N5. The van der Waals surface area contributed by atoms with Gasteiger partial charge in [0.15, 0.2) is 0 Å². The first-order valence-corrected chi connectivity index (χ1v) is 7.40. The fourth-order valence-electron chi connectivity index (χ4n) is 2.68. The molecule has 106 valence electrons. The third kappa shape index (κ3) is 3.04. The molecule has 1 unspecified atom stereocenters. The number of aromatic nitrogens is 3. The van der Waals surface area contributed by atoms with E-state index >= 15 is 0 Å². The number of anilines is 1. The summed E-state index contributed by atoms with van der Waals surface area (Å²) >= 11 is 0. The van der Waals surface area contributed by atoms with E-state index in [1.807, 2.05) is 24.3 Å². The standard InChI is InChI=1S/C15H21N5/c1-12(20-9-5-2-6-10-20)11-16-15-17-13-7-3-4-8-14(13)18-19-15/h3-4,7-8,12H,2,5-6,9-11H2,1H3,(H,16,17,19). The molecule has 0 saturated carbocycles. The molecule has 1 aromatic heterocycles. The Labute approximate surface area is 119 Å². The summed E-state index contributed by atoms with van der Waals surface area (Å²) in [7, 11) is 0. The molecule has 0 bridgehead atoms. The van der Waals surface area contributed by atoms with Crippen molar-refractivity contribution in [1.29, 1.82) is 0 Å². The second kappa shape index (κ2) is 6.13. The molecule has 1 fully saturated rings. The maximum Gasteiger partial charge on any atom is 0.243 e. The van der Waals surface area contributed by atoms with Gasteiger partial charge in [0.05, 0.1) is 5.52 Å². The first-order valence-electron chi connectivity index (χ1n) is 7.40. The van der Waals surface area contributed by atoms with Crippen LogP contribution in [0, 0.1) is 0 Å². The van der Waals surface area contributed by atoms with Crippen LogP contribution < -0.4 is 5.32 Å². The van der Waals surface area contributed by atoms with Gasteiger partial charge in [0, 0.05) is 12.6 Å². The normalized spacial score (nSPS) is 18.1. The molecule has 0 radical (unpaired) electrons. The minimum absolute atomic E-state index is 0.505. The Bertz CT molecular complexity index is 565. The molecule has 20 heavy (non-hydrogen) atoms. The van der Waals surface area contributed by atoms with Gasteiger partial charge in [-0.05, 0) is 45.0 Å². The Hall–Kier alpha value is -1.75. The van der Waals surface area contributed by atoms with Crippen LogP contribution >= 0.6 is 0 Å². The Kier molecular flexibility index (Phi) is 4.06. The lowest BCUT2D eigenvalue weighted by molar-refractivity contribution is 0.180. The molecule has 1 aliphatic rings. The highest BCUT2D eigenvalue weighted by Gasteiger charge is 2.16. The van der Waals surface area contributed by atoms with Gasteiger partial charge >= 0.3 is 0 Å². The summed E-state index contributed by atoms with van der Waals surface area (Å²) in [4.78, 5) is 7.02. The van der Waals surface area contributed by atoms with Crippen LogP contribution in [-0.4, -0.2) is 45.8 Å². The zero-order chi connectivity index (χ0) is 13.8. The van der Waals surface area contributed by atoms with Gasteiger partial charge in [-0.3, -0.25) is 4.90 Å². The first-order chi connectivity index (χ1) is 9.83. The predicted octanol–water partition coefficient (Wildman–Crippen LogP) is 2.31. The Balaban J connectivity index is 1.61. The third-order valence-electron chi connectivity index (χ3n) is 3.93. The van der Waals surface area contributed by atoms with E-state index < -0.39 is 0 Å². The highest BCUT2D eigenvalue weighted by molar-refractivity contribution is 5.73. The monoisotopic (exact) mass is 271 g/mol. The number of nitrogens with one attached hydrogen (secondary N) is 1. The molecule has 2 aromatic rings. The summed E-state index contributed by atoms with van der Waals surface area (Å²) in [5.74, 6) is 0.618. The minimum atomic E-state index is 0.505. The van der Waals surface area contributed by atoms with Gasteiger partial charge in [-0.15, -0.1) is 10.2 Å². The van der Waals surface area contributed by atoms with E-state index in [2.05, 4.69) is 32.3 Å². The third-order valence-corrected chi connectivity index (χ3v) is 3.93. The van der Waals surface area contributed by atoms with Crippen molar-refractivity contribution >= 4 is 17.0 Å². The predicted molar refractivity (Wildman–Crippen MR) is 80.7 cm³/mol. The molecule has 1 N–H and O–H groups in total. The van der Waals surface area contributed by atoms with Crippen LogP contribution in [0.1, 0.15) is 26.2 Å². The lowest BCUT2D eigenvalue weighted by atomic mass is 10.1. The van der Waals surface area contributed by atoms with Crippen LogP contribution in [0.25, 0.3) is 11.0 Å². The summed E-state index contributed by atoms with van der Waals surface area (Å²) in [6, 6.07) is 8.31. The van der Waals surface area contributed by atoms with Gasteiger partial charge in [-0.25, -0.2) is 4.98 Å². The summed E-state index contributed by atoms with van der Waals surface area (Å²) in [6.07, 6.45) is 4.01. The van der Waals surface area contributed by atoms with Crippen molar-refractivity contribution < 1.29 is 0 Å². The Morgan fingerprint density at radius 2 is 1.85 bits per heavy atom. The fourth-order valence-corrected chi connectivity index (χ4v) is 2.68. The molecule has 5 heteroatoms. The lowest BCUT2D eigenvalue weighted by Gasteiger charge is -2.32. The fraction of sp³-hybridized carbons (Fsp3) is 0.533. The summed E-state index contributed by atoms with van der Waals surface area (Å²) < 4.78 is 0. The van der Waals surface area contributed by atoms with Crippen LogP contribution in [-0.2, 0) is 0 Å². The van der Waals surface area contributed by atoms with Crippen molar-refractivity contribution in [2.75, 3.05) is 25.0 Å². The number of hydrogen-bond donors (Lipinski definition) is 1. The van der Waals surface area contributed by atoms with Gasteiger partial charge < -0.3 is 5.32 Å². The molecule has 5 nitrogen and oxygen atoms in total. The maximum atomic E-state index is 4.49. The largest absolute Gasteiger partial charge is 0.351 e. The molecule has 0 aliphatic carbocycles. The van der Waals surface area contributed by atoms with E-state index in [-0.39, 0.29) is 0 Å². The van der Waals surface area contributed by atoms with Crippen LogP contribution in [0.3, 0.4) is 0 Å². The van der Waals surface area contributed by atoms with Gasteiger partial charge in [0.2, 0.25) is 5.95 Å². The van der Waals surface area contributed by atoms with Crippen LogP contribution in [0.4, 0.5) is 5.95 Å².